The fourth-order valence-electron chi connectivity index (χ4n) is 1.69. The Kier molecular flexibility index (Phi) is 8.38. The van der Waals surface area contributed by atoms with Gasteiger partial charge in [-0.2, -0.15) is 0 Å². The van der Waals surface area contributed by atoms with E-state index in [1.54, 1.807) is 0 Å². The van der Waals surface area contributed by atoms with Crippen LogP contribution >= 0.6 is 0 Å². The quantitative estimate of drug-likeness (QED) is 0.467. The zero-order chi connectivity index (χ0) is 14.9. The zero-order valence-electron chi connectivity index (χ0n) is 11.7. The number of esters is 2. The number of hydrogen-bond donors (Lipinski definition) is 0. The van der Waals surface area contributed by atoms with Crippen molar-refractivity contribution in [3.63, 3.8) is 0 Å². The second-order valence-corrected chi connectivity index (χ2v) is 6.60. The minimum Gasteiger partial charge on any atom is -0.469 e. The Morgan fingerprint density at radius 2 is 1.58 bits per heavy atom. The number of hydrogen-bond acceptors (Lipinski definition) is 6. The summed E-state index contributed by atoms with van der Waals surface area (Å²) in [5.74, 6) is -0.958. The van der Waals surface area contributed by atoms with Crippen LogP contribution in [0.5, 0.6) is 0 Å². The van der Waals surface area contributed by atoms with E-state index in [0.717, 1.165) is 19.1 Å². The van der Waals surface area contributed by atoms with Gasteiger partial charge in [0.15, 0.2) is 15.1 Å². The Hall–Kier alpha value is -1.11. The Labute approximate surface area is 114 Å². The number of unbranched alkanes of at least 4 members (excludes halogenated alkanes) is 3. The summed E-state index contributed by atoms with van der Waals surface area (Å²) in [6.07, 6.45) is 4.52. The number of carbonyl (C=O) groups is 2. The number of rotatable bonds is 9. The molecule has 0 saturated carbocycles. The van der Waals surface area contributed by atoms with Gasteiger partial charge in [-0.05, 0) is 12.8 Å². The van der Waals surface area contributed by atoms with Crippen molar-refractivity contribution in [1.82, 2.24) is 0 Å². The molecule has 0 unspecified atom stereocenters. The smallest absolute Gasteiger partial charge is 0.324 e. The van der Waals surface area contributed by atoms with Gasteiger partial charge in [-0.1, -0.05) is 19.3 Å². The second kappa shape index (κ2) is 8.90. The third-order valence-corrected chi connectivity index (χ3v) is 4.27. The summed E-state index contributed by atoms with van der Waals surface area (Å²) in [4.78, 5) is 22.2. The van der Waals surface area contributed by atoms with Crippen molar-refractivity contribution in [2.75, 3.05) is 20.5 Å². The minimum atomic E-state index is -3.44. The molecule has 0 aliphatic heterocycles. The van der Waals surface area contributed by atoms with Crippen LogP contribution in [0.4, 0.5) is 0 Å². The van der Waals surface area contributed by atoms with Crippen molar-refractivity contribution in [1.29, 1.82) is 0 Å². The monoisotopic (exact) mass is 294 g/mol. The minimum absolute atomic E-state index is 0.247. The first-order valence-corrected chi connectivity index (χ1v) is 8.12. The average molecular weight is 294 g/mol. The molecule has 0 aliphatic carbocycles. The van der Waals surface area contributed by atoms with Gasteiger partial charge in [-0.15, -0.1) is 0 Å². The number of methoxy groups -OCH3 is 2. The molecule has 6 nitrogen and oxygen atoms in total. The zero-order valence-corrected chi connectivity index (χ0v) is 12.5. The van der Waals surface area contributed by atoms with Gasteiger partial charge in [0.1, 0.15) is 0 Å². The average Bonchev–Trinajstić information content (AvgIpc) is 2.35. The summed E-state index contributed by atoms with van der Waals surface area (Å²) in [6.45, 7) is 0. The maximum atomic E-state index is 11.4. The molecule has 112 valence electrons. The van der Waals surface area contributed by atoms with Crippen LogP contribution in [-0.4, -0.2) is 46.1 Å². The van der Waals surface area contributed by atoms with Gasteiger partial charge in [0.25, 0.3) is 0 Å². The van der Waals surface area contributed by atoms with Crippen LogP contribution in [0.25, 0.3) is 0 Å². The van der Waals surface area contributed by atoms with Gasteiger partial charge < -0.3 is 9.47 Å². The first kappa shape index (κ1) is 17.9. The molecule has 0 aromatic rings. The third-order valence-electron chi connectivity index (χ3n) is 2.81. The molecule has 0 bridgehead atoms. The molecule has 0 aromatic heterocycles. The summed E-state index contributed by atoms with van der Waals surface area (Å²) < 4.78 is 31.8. The summed E-state index contributed by atoms with van der Waals surface area (Å²) in [7, 11) is -0.915. The second-order valence-electron chi connectivity index (χ2n) is 4.37. The fourth-order valence-corrected chi connectivity index (χ4v) is 2.73. The Bertz CT molecular complexity index is 387. The van der Waals surface area contributed by atoms with E-state index in [1.165, 1.54) is 14.2 Å². The van der Waals surface area contributed by atoms with E-state index in [2.05, 4.69) is 9.47 Å². The van der Waals surface area contributed by atoms with E-state index in [4.69, 9.17) is 0 Å². The van der Waals surface area contributed by atoms with E-state index in [1.807, 2.05) is 0 Å². The van der Waals surface area contributed by atoms with Crippen LogP contribution in [0.1, 0.15) is 38.5 Å². The highest BCUT2D eigenvalue weighted by Gasteiger charge is 2.28. The molecule has 0 radical (unpaired) electrons. The van der Waals surface area contributed by atoms with E-state index in [-0.39, 0.29) is 12.4 Å². The van der Waals surface area contributed by atoms with Crippen molar-refractivity contribution < 1.29 is 27.5 Å². The van der Waals surface area contributed by atoms with E-state index < -0.39 is 21.1 Å². The number of carbonyl (C=O) groups excluding carboxylic acids is 2. The Morgan fingerprint density at radius 3 is 2.05 bits per heavy atom. The summed E-state index contributed by atoms with van der Waals surface area (Å²) >= 11 is 0. The Balaban J connectivity index is 3.96. The standard InChI is InChI=1S/C12H22O6S/c1-17-11(13)9-7-5-4-6-8-10(12(14)18-2)19(3,15)16/h10H,4-9H2,1-3H3/t10-/m0/s1. The molecule has 7 heteroatoms. The lowest BCUT2D eigenvalue weighted by Gasteiger charge is -2.12. The van der Waals surface area contributed by atoms with Gasteiger partial charge in [-0.3, -0.25) is 9.59 Å². The molecular formula is C12H22O6S. The summed E-state index contributed by atoms with van der Waals surface area (Å²) in [6, 6.07) is 0. The molecule has 0 rings (SSSR count). The van der Waals surface area contributed by atoms with Crippen molar-refractivity contribution in [2.45, 2.75) is 43.8 Å². The SMILES string of the molecule is COC(=O)CCCCCC[C@@H](C(=O)OC)S(C)(=O)=O. The molecule has 0 amide bonds. The predicted octanol–water partition coefficient (Wildman–Crippen LogP) is 1.09. The molecule has 0 heterocycles. The first-order valence-electron chi connectivity index (χ1n) is 6.16. The molecule has 0 N–H and O–H groups in total. The van der Waals surface area contributed by atoms with Crippen molar-refractivity contribution in [3.05, 3.63) is 0 Å². The lowest BCUT2D eigenvalue weighted by atomic mass is 10.1. The van der Waals surface area contributed by atoms with Crippen LogP contribution in [-0.2, 0) is 28.9 Å². The van der Waals surface area contributed by atoms with E-state index >= 15 is 0 Å². The third kappa shape index (κ3) is 7.81. The largest absolute Gasteiger partial charge is 0.469 e. The molecule has 0 saturated heterocycles. The molecule has 0 aliphatic rings. The number of sulfone groups is 1. The molecule has 0 aromatic carbocycles. The summed E-state index contributed by atoms with van der Waals surface area (Å²) in [5, 5.41) is -1.09. The van der Waals surface area contributed by atoms with Gasteiger partial charge in [0.2, 0.25) is 0 Å². The highest BCUT2D eigenvalue weighted by Crippen LogP contribution is 2.13. The maximum Gasteiger partial charge on any atom is 0.324 e. The van der Waals surface area contributed by atoms with Crippen LogP contribution in [0.2, 0.25) is 0 Å². The van der Waals surface area contributed by atoms with Gasteiger partial charge in [0.05, 0.1) is 14.2 Å². The summed E-state index contributed by atoms with van der Waals surface area (Å²) in [5.41, 5.74) is 0. The van der Waals surface area contributed by atoms with Crippen molar-refractivity contribution in [2.24, 2.45) is 0 Å². The lowest BCUT2D eigenvalue weighted by Crippen LogP contribution is -2.30. The van der Waals surface area contributed by atoms with Gasteiger partial charge in [-0.25, -0.2) is 8.42 Å². The van der Waals surface area contributed by atoms with Crippen molar-refractivity contribution >= 4 is 21.8 Å². The molecule has 19 heavy (non-hydrogen) atoms. The predicted molar refractivity (Wildman–Crippen MR) is 70.4 cm³/mol. The normalized spacial score (nSPS) is 12.8. The van der Waals surface area contributed by atoms with E-state index in [9.17, 15) is 18.0 Å². The lowest BCUT2D eigenvalue weighted by molar-refractivity contribution is -0.141. The van der Waals surface area contributed by atoms with Crippen LogP contribution < -0.4 is 0 Å². The maximum absolute atomic E-state index is 11.4. The highest BCUT2D eigenvalue weighted by atomic mass is 32.2. The van der Waals surface area contributed by atoms with Crippen LogP contribution in [0, 0.1) is 0 Å². The van der Waals surface area contributed by atoms with Gasteiger partial charge >= 0.3 is 11.9 Å². The first-order chi connectivity index (χ1) is 8.82. The highest BCUT2D eigenvalue weighted by molar-refractivity contribution is 7.92. The topological polar surface area (TPSA) is 86.7 Å². The molecule has 1 atom stereocenters. The fraction of sp³-hybridized carbons (Fsp3) is 0.833. The molecule has 0 spiro atoms. The Morgan fingerprint density at radius 1 is 1.00 bits per heavy atom. The van der Waals surface area contributed by atoms with E-state index in [0.29, 0.717) is 19.3 Å². The number of ether oxygens (including phenoxy) is 2. The molecular weight excluding hydrogens is 272 g/mol. The van der Waals surface area contributed by atoms with Gasteiger partial charge in [0, 0.05) is 12.7 Å². The van der Waals surface area contributed by atoms with Crippen LogP contribution in [0.3, 0.4) is 0 Å². The van der Waals surface area contributed by atoms with Crippen molar-refractivity contribution in [3.8, 4) is 0 Å². The molecule has 0 fully saturated rings. The van der Waals surface area contributed by atoms with Crippen LogP contribution in [0.15, 0.2) is 0 Å².